The summed E-state index contributed by atoms with van der Waals surface area (Å²) in [6, 6.07) is 8.03. The number of aromatic nitrogens is 1. The lowest BCUT2D eigenvalue weighted by Crippen LogP contribution is -2.16. The van der Waals surface area contributed by atoms with Gasteiger partial charge in [-0.3, -0.25) is 4.79 Å². The van der Waals surface area contributed by atoms with Gasteiger partial charge >= 0.3 is 0 Å². The molecule has 6 nitrogen and oxygen atoms in total. The Balaban J connectivity index is 1.57. The maximum Gasteiger partial charge on any atom is 0.282 e. The van der Waals surface area contributed by atoms with Crippen LogP contribution in [0.2, 0.25) is 0 Å². The molecule has 1 aliphatic rings. The first-order valence-corrected chi connectivity index (χ1v) is 7.68. The maximum atomic E-state index is 13.6. The van der Waals surface area contributed by atoms with Gasteiger partial charge in [-0.15, -0.1) is 0 Å². The molecule has 130 valence electrons. The number of halogens is 2. The second-order valence-corrected chi connectivity index (χ2v) is 5.61. The van der Waals surface area contributed by atoms with Gasteiger partial charge in [-0.1, -0.05) is 12.1 Å². The Morgan fingerprint density at radius 1 is 1.32 bits per heavy atom. The van der Waals surface area contributed by atoms with Gasteiger partial charge < -0.3 is 15.8 Å². The van der Waals surface area contributed by atoms with E-state index in [9.17, 15) is 13.6 Å². The van der Waals surface area contributed by atoms with Crippen LogP contribution in [-0.2, 0) is 11.2 Å². The molecule has 0 aliphatic carbocycles. The van der Waals surface area contributed by atoms with Crippen molar-refractivity contribution >= 4 is 17.6 Å². The van der Waals surface area contributed by atoms with Crippen LogP contribution in [0.1, 0.15) is 22.5 Å². The van der Waals surface area contributed by atoms with Crippen LogP contribution in [0.4, 0.5) is 14.5 Å². The maximum absolute atomic E-state index is 13.6. The van der Waals surface area contributed by atoms with Crippen molar-refractivity contribution in [1.82, 2.24) is 4.98 Å². The summed E-state index contributed by atoms with van der Waals surface area (Å²) in [4.78, 5) is 19.6. The molecule has 0 fully saturated rings. The number of benzene rings is 1. The first-order valence-electron chi connectivity index (χ1n) is 7.68. The number of aliphatic imine (C=N–C) groups is 1. The summed E-state index contributed by atoms with van der Waals surface area (Å²) in [5, 5.41) is 2.53. The largest absolute Gasteiger partial charge is 0.463 e. The molecular weight excluding hydrogens is 330 g/mol. The molecule has 1 aromatic carbocycles. The van der Waals surface area contributed by atoms with Crippen molar-refractivity contribution in [2.75, 3.05) is 11.9 Å². The van der Waals surface area contributed by atoms with Gasteiger partial charge in [0.1, 0.15) is 12.4 Å². The van der Waals surface area contributed by atoms with Crippen molar-refractivity contribution in [1.29, 1.82) is 0 Å². The molecule has 0 saturated heterocycles. The van der Waals surface area contributed by atoms with Crippen molar-refractivity contribution in [2.24, 2.45) is 10.7 Å². The van der Waals surface area contributed by atoms with Gasteiger partial charge in [0.25, 0.3) is 11.9 Å². The monoisotopic (exact) mass is 346 g/mol. The number of rotatable bonds is 5. The lowest BCUT2D eigenvalue weighted by molar-refractivity contribution is 0.101. The van der Waals surface area contributed by atoms with Crippen LogP contribution in [-0.4, -0.2) is 29.6 Å². The Kier molecular flexibility index (Phi) is 4.87. The Hall–Kier alpha value is -3.03. The second-order valence-electron chi connectivity index (χ2n) is 5.61. The highest BCUT2D eigenvalue weighted by Gasteiger charge is 2.17. The van der Waals surface area contributed by atoms with Crippen molar-refractivity contribution in [2.45, 2.75) is 18.9 Å². The predicted octanol–water partition coefficient (Wildman–Crippen LogP) is 2.26. The average Bonchev–Trinajstić information content (AvgIpc) is 2.99. The topological polar surface area (TPSA) is 89.6 Å². The Morgan fingerprint density at radius 2 is 2.08 bits per heavy atom. The molecule has 2 heterocycles. The zero-order chi connectivity index (χ0) is 17.8. The molecule has 25 heavy (non-hydrogen) atoms. The molecule has 0 saturated carbocycles. The van der Waals surface area contributed by atoms with Crippen LogP contribution in [0, 0.1) is 11.6 Å². The van der Waals surface area contributed by atoms with E-state index in [1.54, 1.807) is 12.1 Å². The van der Waals surface area contributed by atoms with Crippen molar-refractivity contribution in [3.05, 3.63) is 59.4 Å². The molecular formula is C17H16F2N4O2. The van der Waals surface area contributed by atoms with Crippen LogP contribution in [0.15, 0.2) is 41.5 Å². The van der Waals surface area contributed by atoms with Crippen molar-refractivity contribution in [3.63, 3.8) is 0 Å². The SMILES string of the molecule is NC1=NC(CCc2ccc(NC(=O)c3ncc(F)cc3F)cc2)CO1. The lowest BCUT2D eigenvalue weighted by atomic mass is 10.1. The van der Waals surface area contributed by atoms with E-state index in [1.807, 2.05) is 12.1 Å². The van der Waals surface area contributed by atoms with Gasteiger partial charge in [0.2, 0.25) is 0 Å². The van der Waals surface area contributed by atoms with Crippen LogP contribution >= 0.6 is 0 Å². The number of aryl methyl sites for hydroxylation is 1. The van der Waals surface area contributed by atoms with Crippen LogP contribution < -0.4 is 11.1 Å². The molecule has 1 aromatic heterocycles. The molecule has 0 bridgehead atoms. The summed E-state index contributed by atoms with van der Waals surface area (Å²) in [6.07, 6.45) is 2.38. The third kappa shape index (κ3) is 4.28. The molecule has 1 atom stereocenters. The molecule has 2 aromatic rings. The van der Waals surface area contributed by atoms with E-state index in [1.165, 1.54) is 0 Å². The Morgan fingerprint density at radius 3 is 2.72 bits per heavy atom. The summed E-state index contributed by atoms with van der Waals surface area (Å²) in [5.74, 6) is -2.58. The fourth-order valence-corrected chi connectivity index (χ4v) is 2.44. The van der Waals surface area contributed by atoms with Crippen LogP contribution in [0.5, 0.6) is 0 Å². The van der Waals surface area contributed by atoms with E-state index in [2.05, 4.69) is 15.3 Å². The first kappa shape index (κ1) is 16.8. The number of nitrogens with one attached hydrogen (secondary N) is 1. The molecule has 8 heteroatoms. The number of pyridine rings is 1. The van der Waals surface area contributed by atoms with Gasteiger partial charge in [-0.25, -0.2) is 18.8 Å². The molecule has 1 aliphatic heterocycles. The number of amides is 1. The quantitative estimate of drug-likeness (QED) is 0.869. The number of hydrogen-bond acceptors (Lipinski definition) is 5. The Bertz CT molecular complexity index is 809. The molecule has 0 radical (unpaired) electrons. The number of nitrogens with two attached hydrogens (primary N) is 1. The van der Waals surface area contributed by atoms with Crippen LogP contribution in [0.25, 0.3) is 0 Å². The third-order valence-corrected chi connectivity index (χ3v) is 3.73. The highest BCUT2D eigenvalue weighted by atomic mass is 19.1. The van der Waals surface area contributed by atoms with Gasteiger partial charge in [-0.05, 0) is 30.5 Å². The van der Waals surface area contributed by atoms with Crippen LogP contribution in [0.3, 0.4) is 0 Å². The number of carbonyl (C=O) groups is 1. The molecule has 0 spiro atoms. The van der Waals surface area contributed by atoms with E-state index >= 15 is 0 Å². The number of carbonyl (C=O) groups excluding carboxylic acids is 1. The standard InChI is InChI=1S/C17H16F2N4O2/c18-11-7-14(19)15(21-8-11)16(24)22-12-4-1-10(2-5-12)3-6-13-9-25-17(20)23-13/h1-2,4-5,7-8,13H,3,6,9H2,(H2,20,23)(H,22,24). The van der Waals surface area contributed by atoms with E-state index in [0.717, 1.165) is 24.6 Å². The average molecular weight is 346 g/mol. The van der Waals surface area contributed by atoms with E-state index < -0.39 is 23.2 Å². The van der Waals surface area contributed by atoms with Gasteiger partial charge in [0, 0.05) is 11.8 Å². The fourth-order valence-electron chi connectivity index (χ4n) is 2.44. The molecule has 1 unspecified atom stereocenters. The minimum Gasteiger partial charge on any atom is -0.463 e. The number of nitrogens with zero attached hydrogens (tertiary/aromatic N) is 2. The van der Waals surface area contributed by atoms with E-state index in [-0.39, 0.29) is 12.1 Å². The number of ether oxygens (including phenoxy) is 1. The zero-order valence-corrected chi connectivity index (χ0v) is 13.2. The van der Waals surface area contributed by atoms with E-state index in [4.69, 9.17) is 10.5 Å². The summed E-state index contributed by atoms with van der Waals surface area (Å²) in [5.41, 5.74) is 6.56. The van der Waals surface area contributed by atoms with Gasteiger partial charge in [0.15, 0.2) is 11.5 Å². The smallest absolute Gasteiger partial charge is 0.282 e. The summed E-state index contributed by atoms with van der Waals surface area (Å²) in [6.45, 7) is 0.496. The summed E-state index contributed by atoms with van der Waals surface area (Å²) >= 11 is 0. The molecule has 1 amide bonds. The minimum absolute atomic E-state index is 0.0619. The number of amidine groups is 1. The van der Waals surface area contributed by atoms with Gasteiger partial charge in [0.05, 0.1) is 12.2 Å². The van der Waals surface area contributed by atoms with Crippen molar-refractivity contribution < 1.29 is 18.3 Å². The summed E-state index contributed by atoms with van der Waals surface area (Å²) in [7, 11) is 0. The summed E-state index contributed by atoms with van der Waals surface area (Å²) < 4.78 is 31.5. The highest BCUT2D eigenvalue weighted by molar-refractivity contribution is 6.03. The molecule has 3 rings (SSSR count). The van der Waals surface area contributed by atoms with Crippen molar-refractivity contribution in [3.8, 4) is 0 Å². The minimum atomic E-state index is -1.01. The number of hydrogen-bond donors (Lipinski definition) is 2. The zero-order valence-electron chi connectivity index (χ0n) is 13.2. The highest BCUT2D eigenvalue weighted by Crippen LogP contribution is 2.16. The number of anilines is 1. The predicted molar refractivity (Wildman–Crippen MR) is 88.2 cm³/mol. The normalized spacial score (nSPS) is 16.2. The van der Waals surface area contributed by atoms with Gasteiger partial charge in [-0.2, -0.15) is 0 Å². The molecule has 3 N–H and O–H groups in total. The fraction of sp³-hybridized carbons (Fsp3) is 0.235. The second kappa shape index (κ2) is 7.25. The first-order chi connectivity index (χ1) is 12.0. The third-order valence-electron chi connectivity index (χ3n) is 3.73. The van der Waals surface area contributed by atoms with E-state index in [0.29, 0.717) is 18.4 Å². The Labute approximate surface area is 142 Å². The lowest BCUT2D eigenvalue weighted by Gasteiger charge is -2.08.